The van der Waals surface area contributed by atoms with Gasteiger partial charge in [-0.2, -0.15) is 0 Å². The van der Waals surface area contributed by atoms with Crippen molar-refractivity contribution in [1.29, 1.82) is 0 Å². The van der Waals surface area contributed by atoms with Gasteiger partial charge >= 0.3 is 0 Å². The maximum absolute atomic E-state index is 13.4. The lowest BCUT2D eigenvalue weighted by molar-refractivity contribution is 0.522. The van der Waals surface area contributed by atoms with Crippen molar-refractivity contribution in [2.75, 3.05) is 5.32 Å². The molecule has 0 fully saturated rings. The van der Waals surface area contributed by atoms with Crippen LogP contribution >= 0.6 is 0 Å². The lowest BCUT2D eigenvalue weighted by Gasteiger charge is -2.30. The molecule has 0 bridgehead atoms. The molecular weight excluding hydrogens is 416 g/mol. The third-order valence-corrected chi connectivity index (χ3v) is 6.82. The molecule has 0 unspecified atom stereocenters. The Morgan fingerprint density at radius 1 is 0.594 bits per heavy atom. The maximum atomic E-state index is 13.4. The Hall–Kier alpha value is -3.41. The molecule has 0 heterocycles. The molecule has 0 saturated carbocycles. The van der Waals surface area contributed by atoms with Gasteiger partial charge in [0.15, 0.2) is 0 Å². The van der Waals surface area contributed by atoms with Gasteiger partial charge in [-0.1, -0.05) is 96.6 Å². The number of hydrogen-bond acceptors (Lipinski definition) is 3. The fourth-order valence-corrected chi connectivity index (χ4v) is 4.91. The molecule has 162 valence electrons. The zero-order valence-corrected chi connectivity index (χ0v) is 18.7. The van der Waals surface area contributed by atoms with Crippen LogP contribution in [0.4, 0.5) is 5.69 Å². The SMILES string of the molecule is Cc1ccc(S(=O)(=O)N[C@H](c2ccccc2)[C@@H](Nc2ccccc2)c2ccccc2)cc1. The van der Waals surface area contributed by atoms with Crippen molar-refractivity contribution in [3.8, 4) is 0 Å². The van der Waals surface area contributed by atoms with Crippen molar-refractivity contribution < 1.29 is 8.42 Å². The molecule has 4 nitrogen and oxygen atoms in total. The molecule has 2 atom stereocenters. The minimum absolute atomic E-state index is 0.246. The number of para-hydroxylation sites is 1. The molecule has 0 aliphatic rings. The van der Waals surface area contributed by atoms with Crippen molar-refractivity contribution in [2.24, 2.45) is 0 Å². The van der Waals surface area contributed by atoms with E-state index in [1.807, 2.05) is 110 Å². The molecule has 0 aliphatic heterocycles. The summed E-state index contributed by atoms with van der Waals surface area (Å²) in [5, 5.41) is 3.55. The smallest absolute Gasteiger partial charge is 0.241 e. The van der Waals surface area contributed by atoms with E-state index in [-0.39, 0.29) is 10.9 Å². The summed E-state index contributed by atoms with van der Waals surface area (Å²) in [5.74, 6) is 0. The van der Waals surface area contributed by atoms with Crippen molar-refractivity contribution >= 4 is 15.7 Å². The predicted octanol–water partition coefficient (Wildman–Crippen LogP) is 5.87. The minimum Gasteiger partial charge on any atom is -0.376 e. The van der Waals surface area contributed by atoms with Gasteiger partial charge in [0.2, 0.25) is 10.0 Å². The van der Waals surface area contributed by atoms with Gasteiger partial charge < -0.3 is 5.32 Å². The number of benzene rings is 4. The van der Waals surface area contributed by atoms with Gasteiger partial charge in [0.1, 0.15) is 0 Å². The second-order valence-electron chi connectivity index (χ2n) is 7.72. The topological polar surface area (TPSA) is 58.2 Å². The summed E-state index contributed by atoms with van der Waals surface area (Å²) in [5.41, 5.74) is 3.78. The van der Waals surface area contributed by atoms with Gasteiger partial charge in [0.05, 0.1) is 17.0 Å². The molecule has 0 aromatic heterocycles. The first-order valence-electron chi connectivity index (χ1n) is 10.5. The van der Waals surface area contributed by atoms with E-state index >= 15 is 0 Å². The third kappa shape index (κ3) is 5.25. The molecule has 0 saturated heterocycles. The number of aryl methyl sites for hydroxylation is 1. The molecule has 4 aromatic carbocycles. The summed E-state index contributed by atoms with van der Waals surface area (Å²) >= 11 is 0. The second-order valence-corrected chi connectivity index (χ2v) is 9.44. The quantitative estimate of drug-likeness (QED) is 0.359. The van der Waals surface area contributed by atoms with E-state index in [9.17, 15) is 8.42 Å². The first kappa shape index (κ1) is 21.8. The van der Waals surface area contributed by atoms with E-state index < -0.39 is 16.1 Å². The Balaban J connectivity index is 1.78. The van der Waals surface area contributed by atoms with Crippen LogP contribution in [-0.2, 0) is 10.0 Å². The van der Waals surface area contributed by atoms with Gasteiger partial charge in [-0.05, 0) is 42.3 Å². The Labute approximate surface area is 190 Å². The third-order valence-electron chi connectivity index (χ3n) is 5.36. The zero-order chi connectivity index (χ0) is 22.4. The number of hydrogen-bond donors (Lipinski definition) is 2. The van der Waals surface area contributed by atoms with Crippen LogP contribution < -0.4 is 10.0 Å². The highest BCUT2D eigenvalue weighted by molar-refractivity contribution is 7.89. The highest BCUT2D eigenvalue weighted by Crippen LogP contribution is 2.33. The van der Waals surface area contributed by atoms with Crippen LogP contribution in [0.1, 0.15) is 28.8 Å². The van der Waals surface area contributed by atoms with Crippen LogP contribution in [0.25, 0.3) is 0 Å². The van der Waals surface area contributed by atoms with E-state index in [1.165, 1.54) is 0 Å². The summed E-state index contributed by atoms with van der Waals surface area (Å²) in [6, 6.07) is 35.4. The van der Waals surface area contributed by atoms with Crippen LogP contribution in [0.3, 0.4) is 0 Å². The summed E-state index contributed by atoms with van der Waals surface area (Å²) in [6.07, 6.45) is 0. The lowest BCUT2D eigenvalue weighted by atomic mass is 9.94. The molecule has 32 heavy (non-hydrogen) atoms. The molecule has 4 rings (SSSR count). The van der Waals surface area contributed by atoms with E-state index in [0.717, 1.165) is 22.4 Å². The Morgan fingerprint density at radius 3 is 1.59 bits per heavy atom. The fourth-order valence-electron chi connectivity index (χ4n) is 3.67. The molecule has 0 spiro atoms. The summed E-state index contributed by atoms with van der Waals surface area (Å²) in [6.45, 7) is 1.94. The van der Waals surface area contributed by atoms with Crippen molar-refractivity contribution in [3.63, 3.8) is 0 Å². The van der Waals surface area contributed by atoms with E-state index in [0.29, 0.717) is 0 Å². The largest absolute Gasteiger partial charge is 0.376 e. The molecule has 4 aromatic rings. The predicted molar refractivity (Wildman–Crippen MR) is 130 cm³/mol. The molecular formula is C27H26N2O2S. The summed E-state index contributed by atoms with van der Waals surface area (Å²) in [7, 11) is -3.76. The summed E-state index contributed by atoms with van der Waals surface area (Å²) < 4.78 is 29.7. The monoisotopic (exact) mass is 442 g/mol. The minimum atomic E-state index is -3.76. The van der Waals surface area contributed by atoms with Crippen molar-refractivity contribution in [3.05, 3.63) is 132 Å². The van der Waals surface area contributed by atoms with E-state index in [4.69, 9.17) is 0 Å². The standard InChI is InChI=1S/C27H26N2O2S/c1-21-17-19-25(20-18-21)32(30,31)29-27(23-13-7-3-8-14-23)26(22-11-5-2-6-12-22)28-24-15-9-4-10-16-24/h2-20,26-29H,1H3/t26-,27+/m0/s1. The Kier molecular flexibility index (Phi) is 6.69. The van der Waals surface area contributed by atoms with Gasteiger partial charge in [0.25, 0.3) is 0 Å². The normalized spacial score (nSPS) is 13.3. The molecule has 2 N–H and O–H groups in total. The van der Waals surface area contributed by atoms with Crippen LogP contribution in [0.2, 0.25) is 0 Å². The highest BCUT2D eigenvalue weighted by atomic mass is 32.2. The van der Waals surface area contributed by atoms with E-state index in [2.05, 4.69) is 10.0 Å². The number of anilines is 1. The molecule has 0 amide bonds. The van der Waals surface area contributed by atoms with Crippen molar-refractivity contribution in [2.45, 2.75) is 23.9 Å². The van der Waals surface area contributed by atoms with E-state index in [1.54, 1.807) is 12.1 Å². The number of sulfonamides is 1. The molecule has 0 radical (unpaired) electrons. The average molecular weight is 443 g/mol. The summed E-state index contributed by atoms with van der Waals surface area (Å²) in [4.78, 5) is 0.246. The lowest BCUT2D eigenvalue weighted by Crippen LogP contribution is -2.35. The van der Waals surface area contributed by atoms with Gasteiger partial charge in [-0.3, -0.25) is 0 Å². The fraction of sp³-hybridized carbons (Fsp3) is 0.111. The van der Waals surface area contributed by atoms with Crippen LogP contribution in [-0.4, -0.2) is 8.42 Å². The van der Waals surface area contributed by atoms with Gasteiger partial charge in [-0.15, -0.1) is 0 Å². The van der Waals surface area contributed by atoms with Crippen LogP contribution in [0, 0.1) is 6.92 Å². The molecule has 5 heteroatoms. The van der Waals surface area contributed by atoms with Gasteiger partial charge in [0, 0.05) is 5.69 Å². The van der Waals surface area contributed by atoms with Crippen LogP contribution in [0.15, 0.2) is 120 Å². The Morgan fingerprint density at radius 2 is 1.06 bits per heavy atom. The van der Waals surface area contributed by atoms with Crippen LogP contribution in [0.5, 0.6) is 0 Å². The highest BCUT2D eigenvalue weighted by Gasteiger charge is 2.30. The zero-order valence-electron chi connectivity index (χ0n) is 17.8. The Bertz CT molecular complexity index is 1230. The maximum Gasteiger partial charge on any atom is 0.241 e. The number of rotatable bonds is 8. The second kappa shape index (κ2) is 9.81. The number of nitrogens with one attached hydrogen (secondary N) is 2. The van der Waals surface area contributed by atoms with Crippen molar-refractivity contribution in [1.82, 2.24) is 4.72 Å². The first-order valence-corrected chi connectivity index (χ1v) is 12.0. The average Bonchev–Trinajstić information content (AvgIpc) is 2.83. The molecule has 0 aliphatic carbocycles. The van der Waals surface area contributed by atoms with Gasteiger partial charge in [-0.25, -0.2) is 13.1 Å². The first-order chi connectivity index (χ1) is 15.5.